The second kappa shape index (κ2) is 6.49. The van der Waals surface area contributed by atoms with Gasteiger partial charge < -0.3 is 10.6 Å². The van der Waals surface area contributed by atoms with Gasteiger partial charge in [0.2, 0.25) is 0 Å². The van der Waals surface area contributed by atoms with Crippen molar-refractivity contribution in [2.45, 2.75) is 66.0 Å². The molecule has 2 atom stereocenters. The van der Waals surface area contributed by atoms with Gasteiger partial charge in [-0.05, 0) is 45.2 Å². The van der Waals surface area contributed by atoms with Crippen LogP contribution in [0.15, 0.2) is 0 Å². The molecule has 0 aromatic heterocycles. The normalized spacial score (nSPS) is 16.8. The van der Waals surface area contributed by atoms with Crippen LogP contribution in [0.2, 0.25) is 0 Å². The Morgan fingerprint density at radius 3 is 2.20 bits per heavy atom. The molecule has 15 heavy (non-hydrogen) atoms. The van der Waals surface area contributed by atoms with Gasteiger partial charge in [-0.3, -0.25) is 0 Å². The van der Waals surface area contributed by atoms with Gasteiger partial charge in [0.1, 0.15) is 0 Å². The van der Waals surface area contributed by atoms with Crippen LogP contribution >= 0.6 is 0 Å². The molecular formula is C13H30N2. The summed E-state index contributed by atoms with van der Waals surface area (Å²) < 4.78 is 0. The highest BCUT2D eigenvalue weighted by Gasteiger charge is 2.23. The maximum absolute atomic E-state index is 5.90. The molecular weight excluding hydrogens is 184 g/mol. The first-order valence-corrected chi connectivity index (χ1v) is 6.24. The molecule has 0 aliphatic rings. The van der Waals surface area contributed by atoms with Crippen molar-refractivity contribution in [3.63, 3.8) is 0 Å². The quantitative estimate of drug-likeness (QED) is 0.736. The zero-order valence-electron chi connectivity index (χ0n) is 11.5. The Morgan fingerprint density at radius 2 is 1.80 bits per heavy atom. The van der Waals surface area contributed by atoms with Crippen molar-refractivity contribution in [1.82, 2.24) is 4.90 Å². The maximum atomic E-state index is 5.90. The third kappa shape index (κ3) is 6.16. The van der Waals surface area contributed by atoms with E-state index in [1.807, 2.05) is 0 Å². The maximum Gasteiger partial charge on any atom is 0.0112 e. The van der Waals surface area contributed by atoms with Crippen molar-refractivity contribution in [3.05, 3.63) is 0 Å². The van der Waals surface area contributed by atoms with Gasteiger partial charge in [0.25, 0.3) is 0 Å². The number of nitrogens with two attached hydrogens (primary N) is 1. The Hall–Kier alpha value is -0.0800. The molecule has 0 heterocycles. The molecule has 0 bridgehead atoms. The molecule has 92 valence electrons. The fourth-order valence-electron chi connectivity index (χ4n) is 1.66. The fourth-order valence-corrected chi connectivity index (χ4v) is 1.66. The second-order valence-corrected chi connectivity index (χ2v) is 5.83. The summed E-state index contributed by atoms with van der Waals surface area (Å²) in [4.78, 5) is 2.45. The molecule has 0 aromatic carbocycles. The highest BCUT2D eigenvalue weighted by molar-refractivity contribution is 4.77. The molecule has 0 amide bonds. The lowest BCUT2D eigenvalue weighted by atomic mass is 9.87. The summed E-state index contributed by atoms with van der Waals surface area (Å²) in [5.41, 5.74) is 6.27. The summed E-state index contributed by atoms with van der Waals surface area (Å²) in [5, 5.41) is 0. The average molecular weight is 214 g/mol. The van der Waals surface area contributed by atoms with Crippen molar-refractivity contribution in [2.75, 3.05) is 13.6 Å². The van der Waals surface area contributed by atoms with Crippen LogP contribution in [0.25, 0.3) is 0 Å². The molecule has 0 rings (SSSR count). The monoisotopic (exact) mass is 214 g/mol. The van der Waals surface area contributed by atoms with Gasteiger partial charge in [0.15, 0.2) is 0 Å². The van der Waals surface area contributed by atoms with Crippen molar-refractivity contribution >= 4 is 0 Å². The second-order valence-electron chi connectivity index (χ2n) is 5.83. The smallest absolute Gasteiger partial charge is 0.0112 e. The van der Waals surface area contributed by atoms with E-state index in [1.54, 1.807) is 0 Å². The molecule has 0 aliphatic carbocycles. The molecule has 2 heteroatoms. The Balaban J connectivity index is 3.79. The third-order valence-corrected chi connectivity index (χ3v) is 3.52. The lowest BCUT2D eigenvalue weighted by Gasteiger charge is -2.35. The fraction of sp³-hybridized carbons (Fsp3) is 1.00. The molecule has 2 N–H and O–H groups in total. The number of nitrogens with zero attached hydrogens (tertiary/aromatic N) is 1. The predicted molar refractivity (Wildman–Crippen MR) is 69.0 cm³/mol. The zero-order valence-corrected chi connectivity index (χ0v) is 11.5. The minimum Gasteiger partial charge on any atom is -0.328 e. The van der Waals surface area contributed by atoms with E-state index in [0.29, 0.717) is 17.5 Å². The first kappa shape index (κ1) is 14.9. The molecule has 2 nitrogen and oxygen atoms in total. The standard InChI is InChI=1S/C13H30N2/c1-7-12(14)9-8-10-15(6)11(2)13(3,4)5/h11-12H,7-10,14H2,1-6H3. The molecule has 0 fully saturated rings. The lowest BCUT2D eigenvalue weighted by Crippen LogP contribution is -2.40. The Morgan fingerprint density at radius 1 is 1.27 bits per heavy atom. The highest BCUT2D eigenvalue weighted by atomic mass is 15.1. The number of rotatable bonds is 6. The van der Waals surface area contributed by atoms with Crippen LogP contribution in [0.3, 0.4) is 0 Å². The van der Waals surface area contributed by atoms with Crippen LogP contribution in [-0.4, -0.2) is 30.6 Å². The first-order chi connectivity index (χ1) is 6.79. The van der Waals surface area contributed by atoms with E-state index in [0.717, 1.165) is 19.4 Å². The topological polar surface area (TPSA) is 29.3 Å². The summed E-state index contributed by atoms with van der Waals surface area (Å²) >= 11 is 0. The van der Waals surface area contributed by atoms with E-state index in [-0.39, 0.29) is 0 Å². The van der Waals surface area contributed by atoms with Crippen LogP contribution in [0.5, 0.6) is 0 Å². The van der Waals surface area contributed by atoms with Gasteiger partial charge in [-0.15, -0.1) is 0 Å². The number of hydrogen-bond acceptors (Lipinski definition) is 2. The van der Waals surface area contributed by atoms with E-state index in [2.05, 4.69) is 46.6 Å². The molecule has 0 aromatic rings. The average Bonchev–Trinajstić information content (AvgIpc) is 2.14. The summed E-state index contributed by atoms with van der Waals surface area (Å²) in [7, 11) is 2.22. The van der Waals surface area contributed by atoms with Crippen molar-refractivity contribution in [1.29, 1.82) is 0 Å². The van der Waals surface area contributed by atoms with Crippen LogP contribution in [0, 0.1) is 5.41 Å². The molecule has 2 unspecified atom stereocenters. The van der Waals surface area contributed by atoms with Crippen LogP contribution in [-0.2, 0) is 0 Å². The van der Waals surface area contributed by atoms with Gasteiger partial charge in [-0.25, -0.2) is 0 Å². The Kier molecular flexibility index (Phi) is 6.46. The third-order valence-electron chi connectivity index (χ3n) is 3.52. The van der Waals surface area contributed by atoms with Crippen LogP contribution in [0.1, 0.15) is 53.9 Å². The molecule has 0 saturated carbocycles. The predicted octanol–water partition coefficient (Wildman–Crippen LogP) is 2.87. The summed E-state index contributed by atoms with van der Waals surface area (Å²) in [6.07, 6.45) is 3.46. The SMILES string of the molecule is CCC(N)CCCN(C)C(C)C(C)(C)C. The van der Waals surface area contributed by atoms with Crippen LogP contribution < -0.4 is 5.73 Å². The van der Waals surface area contributed by atoms with Gasteiger partial charge in [-0.2, -0.15) is 0 Å². The van der Waals surface area contributed by atoms with E-state index in [1.165, 1.54) is 6.42 Å². The van der Waals surface area contributed by atoms with E-state index >= 15 is 0 Å². The van der Waals surface area contributed by atoms with Gasteiger partial charge >= 0.3 is 0 Å². The first-order valence-electron chi connectivity index (χ1n) is 6.24. The van der Waals surface area contributed by atoms with Crippen LogP contribution in [0.4, 0.5) is 0 Å². The summed E-state index contributed by atoms with van der Waals surface area (Å²) in [5.74, 6) is 0. The number of hydrogen-bond donors (Lipinski definition) is 1. The molecule has 0 spiro atoms. The highest BCUT2D eigenvalue weighted by Crippen LogP contribution is 2.23. The largest absolute Gasteiger partial charge is 0.328 e. The summed E-state index contributed by atoms with van der Waals surface area (Å²) in [6, 6.07) is 1.01. The molecule has 0 radical (unpaired) electrons. The van der Waals surface area contributed by atoms with E-state index in [4.69, 9.17) is 5.73 Å². The lowest BCUT2D eigenvalue weighted by molar-refractivity contribution is 0.138. The van der Waals surface area contributed by atoms with Gasteiger partial charge in [-0.1, -0.05) is 27.7 Å². The van der Waals surface area contributed by atoms with E-state index in [9.17, 15) is 0 Å². The Labute approximate surface area is 96.2 Å². The van der Waals surface area contributed by atoms with Crippen molar-refractivity contribution in [3.8, 4) is 0 Å². The molecule has 0 saturated heterocycles. The van der Waals surface area contributed by atoms with Crippen molar-refractivity contribution in [2.24, 2.45) is 11.1 Å². The Bertz CT molecular complexity index is 160. The summed E-state index contributed by atoms with van der Waals surface area (Å²) in [6.45, 7) is 12.5. The van der Waals surface area contributed by atoms with Crippen molar-refractivity contribution < 1.29 is 0 Å². The van der Waals surface area contributed by atoms with Gasteiger partial charge in [0.05, 0.1) is 0 Å². The van der Waals surface area contributed by atoms with E-state index < -0.39 is 0 Å². The minimum atomic E-state index is 0.363. The minimum absolute atomic E-state index is 0.363. The zero-order chi connectivity index (χ0) is 12.1. The molecule has 0 aliphatic heterocycles. The van der Waals surface area contributed by atoms with Gasteiger partial charge in [0, 0.05) is 12.1 Å².